The van der Waals surface area contributed by atoms with Crippen molar-refractivity contribution >= 4 is 0 Å². The summed E-state index contributed by atoms with van der Waals surface area (Å²) in [7, 11) is 0. The molecule has 1 aliphatic rings. The van der Waals surface area contributed by atoms with Crippen LogP contribution in [0.2, 0.25) is 0 Å². The van der Waals surface area contributed by atoms with Crippen molar-refractivity contribution in [2.45, 2.75) is 78.3 Å². The SMILES string of the molecule is CCC(CC)N(CC(C)C)C(CC)(CN)C1CC1. The highest BCUT2D eigenvalue weighted by Crippen LogP contribution is 2.46. The lowest BCUT2D eigenvalue weighted by Gasteiger charge is -2.48. The maximum atomic E-state index is 6.24. The Morgan fingerprint density at radius 3 is 2.00 bits per heavy atom. The zero-order valence-corrected chi connectivity index (χ0v) is 13.2. The summed E-state index contributed by atoms with van der Waals surface area (Å²) in [5.74, 6) is 1.58. The average molecular weight is 254 g/mol. The normalized spacial score (nSPS) is 19.8. The molecule has 0 aromatic carbocycles. The van der Waals surface area contributed by atoms with Gasteiger partial charge in [-0.05, 0) is 43.9 Å². The molecule has 1 unspecified atom stereocenters. The van der Waals surface area contributed by atoms with Crippen LogP contribution in [0.4, 0.5) is 0 Å². The van der Waals surface area contributed by atoms with E-state index in [1.807, 2.05) is 0 Å². The largest absolute Gasteiger partial charge is 0.329 e. The predicted molar refractivity (Wildman–Crippen MR) is 80.7 cm³/mol. The maximum Gasteiger partial charge on any atom is 0.0360 e. The zero-order valence-electron chi connectivity index (χ0n) is 13.2. The van der Waals surface area contributed by atoms with E-state index >= 15 is 0 Å². The molecule has 0 heterocycles. The highest BCUT2D eigenvalue weighted by Gasteiger charge is 2.48. The predicted octanol–water partition coefficient (Wildman–Crippen LogP) is 3.65. The molecule has 1 atom stereocenters. The molecule has 1 rings (SSSR count). The second-order valence-corrected chi connectivity index (χ2v) is 6.45. The van der Waals surface area contributed by atoms with E-state index in [0.29, 0.717) is 6.04 Å². The molecule has 0 bridgehead atoms. The van der Waals surface area contributed by atoms with Crippen LogP contribution in [0.5, 0.6) is 0 Å². The highest BCUT2D eigenvalue weighted by molar-refractivity contribution is 5.04. The highest BCUT2D eigenvalue weighted by atomic mass is 15.2. The van der Waals surface area contributed by atoms with Crippen molar-refractivity contribution in [1.82, 2.24) is 4.90 Å². The standard InChI is InChI=1S/C16H34N2/c1-6-15(7-2)18(11-13(4)5)16(8-3,12-17)14-9-10-14/h13-15H,6-12,17H2,1-5H3. The summed E-state index contributed by atoms with van der Waals surface area (Å²) in [6, 6.07) is 0.705. The topological polar surface area (TPSA) is 29.3 Å². The van der Waals surface area contributed by atoms with Crippen LogP contribution >= 0.6 is 0 Å². The van der Waals surface area contributed by atoms with Gasteiger partial charge in [-0.3, -0.25) is 4.90 Å². The lowest BCUT2D eigenvalue weighted by Crippen LogP contribution is -2.59. The molecule has 1 saturated carbocycles. The van der Waals surface area contributed by atoms with Crippen molar-refractivity contribution in [1.29, 1.82) is 0 Å². The van der Waals surface area contributed by atoms with Crippen LogP contribution in [0, 0.1) is 11.8 Å². The monoisotopic (exact) mass is 254 g/mol. The van der Waals surface area contributed by atoms with Gasteiger partial charge in [0.2, 0.25) is 0 Å². The van der Waals surface area contributed by atoms with E-state index in [9.17, 15) is 0 Å². The van der Waals surface area contributed by atoms with Gasteiger partial charge in [0.15, 0.2) is 0 Å². The Hall–Kier alpha value is -0.0800. The Balaban J connectivity index is 2.96. The third-order valence-electron chi connectivity index (χ3n) is 4.82. The van der Waals surface area contributed by atoms with Gasteiger partial charge in [0.05, 0.1) is 0 Å². The molecule has 0 spiro atoms. The first-order valence-corrected chi connectivity index (χ1v) is 8.02. The first-order chi connectivity index (χ1) is 8.55. The molecule has 0 amide bonds. The Morgan fingerprint density at radius 1 is 1.17 bits per heavy atom. The molecule has 0 saturated heterocycles. The van der Waals surface area contributed by atoms with Crippen molar-refractivity contribution in [3.05, 3.63) is 0 Å². The number of rotatable bonds is 9. The smallest absolute Gasteiger partial charge is 0.0360 e. The Kier molecular flexibility index (Phi) is 6.13. The molecule has 0 aromatic heterocycles. The van der Waals surface area contributed by atoms with Crippen molar-refractivity contribution in [3.8, 4) is 0 Å². The molecule has 18 heavy (non-hydrogen) atoms. The second-order valence-electron chi connectivity index (χ2n) is 6.45. The fourth-order valence-electron chi connectivity index (χ4n) is 3.59. The van der Waals surface area contributed by atoms with Crippen molar-refractivity contribution in [2.24, 2.45) is 17.6 Å². The van der Waals surface area contributed by atoms with Gasteiger partial charge >= 0.3 is 0 Å². The van der Waals surface area contributed by atoms with Crippen LogP contribution in [0.25, 0.3) is 0 Å². The lowest BCUT2D eigenvalue weighted by molar-refractivity contribution is 0.0124. The minimum atomic E-state index is 0.279. The van der Waals surface area contributed by atoms with Gasteiger partial charge in [-0.1, -0.05) is 34.6 Å². The van der Waals surface area contributed by atoms with E-state index in [1.165, 1.54) is 38.6 Å². The Bertz CT molecular complexity index is 225. The van der Waals surface area contributed by atoms with E-state index in [-0.39, 0.29) is 5.54 Å². The third kappa shape index (κ3) is 3.27. The van der Waals surface area contributed by atoms with E-state index in [1.54, 1.807) is 0 Å². The molecule has 0 radical (unpaired) electrons. The minimum absolute atomic E-state index is 0.279. The molecule has 0 aliphatic heterocycles. The lowest BCUT2D eigenvalue weighted by atomic mass is 9.84. The van der Waals surface area contributed by atoms with Gasteiger partial charge in [0, 0.05) is 24.7 Å². The quantitative estimate of drug-likeness (QED) is 0.680. The Labute approximate surface area is 114 Å². The first kappa shape index (κ1) is 16.0. The molecule has 2 nitrogen and oxygen atoms in total. The summed E-state index contributed by atoms with van der Waals surface area (Å²) >= 11 is 0. The summed E-state index contributed by atoms with van der Waals surface area (Å²) in [4.78, 5) is 2.79. The maximum absolute atomic E-state index is 6.24. The van der Waals surface area contributed by atoms with Gasteiger partial charge in [-0.15, -0.1) is 0 Å². The van der Waals surface area contributed by atoms with Crippen LogP contribution in [0.1, 0.15) is 66.7 Å². The third-order valence-corrected chi connectivity index (χ3v) is 4.82. The summed E-state index contributed by atoms with van der Waals surface area (Å²) in [6.07, 6.45) is 6.48. The van der Waals surface area contributed by atoms with E-state index in [2.05, 4.69) is 39.5 Å². The Morgan fingerprint density at radius 2 is 1.72 bits per heavy atom. The summed E-state index contributed by atoms with van der Waals surface area (Å²) in [5, 5.41) is 0. The molecule has 2 heteroatoms. The zero-order chi connectivity index (χ0) is 13.8. The molecular weight excluding hydrogens is 220 g/mol. The molecule has 2 N–H and O–H groups in total. The number of nitrogens with two attached hydrogens (primary N) is 1. The van der Waals surface area contributed by atoms with Gasteiger partial charge in [-0.25, -0.2) is 0 Å². The fraction of sp³-hybridized carbons (Fsp3) is 1.00. The second kappa shape index (κ2) is 6.91. The molecule has 108 valence electrons. The van der Waals surface area contributed by atoms with Crippen LogP contribution in [0.3, 0.4) is 0 Å². The van der Waals surface area contributed by atoms with Crippen LogP contribution in [-0.2, 0) is 0 Å². The molecule has 1 fully saturated rings. The molecule has 1 aliphatic carbocycles. The van der Waals surface area contributed by atoms with E-state index in [0.717, 1.165) is 18.4 Å². The van der Waals surface area contributed by atoms with E-state index in [4.69, 9.17) is 5.73 Å². The fourth-order valence-corrected chi connectivity index (χ4v) is 3.59. The summed E-state index contributed by atoms with van der Waals surface area (Å²) in [6.45, 7) is 13.7. The van der Waals surface area contributed by atoms with Gasteiger partial charge in [-0.2, -0.15) is 0 Å². The van der Waals surface area contributed by atoms with Crippen LogP contribution in [0.15, 0.2) is 0 Å². The van der Waals surface area contributed by atoms with E-state index < -0.39 is 0 Å². The number of hydrogen-bond donors (Lipinski definition) is 1. The molecular formula is C16H34N2. The minimum Gasteiger partial charge on any atom is -0.329 e. The summed E-state index contributed by atoms with van der Waals surface area (Å²) in [5.41, 5.74) is 6.52. The van der Waals surface area contributed by atoms with Gasteiger partial charge in [0.1, 0.15) is 0 Å². The van der Waals surface area contributed by atoms with Gasteiger partial charge in [0.25, 0.3) is 0 Å². The molecule has 0 aromatic rings. The number of nitrogens with zero attached hydrogens (tertiary/aromatic N) is 1. The van der Waals surface area contributed by atoms with Crippen molar-refractivity contribution < 1.29 is 0 Å². The van der Waals surface area contributed by atoms with Crippen LogP contribution < -0.4 is 5.73 Å². The van der Waals surface area contributed by atoms with Crippen molar-refractivity contribution in [2.75, 3.05) is 13.1 Å². The summed E-state index contributed by atoms with van der Waals surface area (Å²) < 4.78 is 0. The van der Waals surface area contributed by atoms with Crippen molar-refractivity contribution in [3.63, 3.8) is 0 Å². The van der Waals surface area contributed by atoms with Gasteiger partial charge < -0.3 is 5.73 Å². The first-order valence-electron chi connectivity index (χ1n) is 8.02. The average Bonchev–Trinajstić information content (AvgIpc) is 3.17. The van der Waals surface area contributed by atoms with Crippen LogP contribution in [-0.4, -0.2) is 29.6 Å². The number of hydrogen-bond acceptors (Lipinski definition) is 2.